The molecule has 1 unspecified atom stereocenters. The van der Waals surface area contributed by atoms with E-state index in [1.807, 2.05) is 7.05 Å². The lowest BCUT2D eigenvalue weighted by Crippen LogP contribution is -2.67. The Kier molecular flexibility index (Phi) is 4.33. The molecule has 0 bridgehead atoms. The van der Waals surface area contributed by atoms with Gasteiger partial charge in [0.1, 0.15) is 6.04 Å². The molecule has 1 atom stereocenters. The van der Waals surface area contributed by atoms with E-state index in [1.165, 1.54) is 0 Å². The molecule has 16 heavy (non-hydrogen) atoms. The molecule has 4 nitrogen and oxygen atoms in total. The van der Waals surface area contributed by atoms with Crippen molar-refractivity contribution in [2.45, 2.75) is 39.3 Å². The minimum absolute atomic E-state index is 0.0274. The third-order valence-corrected chi connectivity index (χ3v) is 2.80. The van der Waals surface area contributed by atoms with Crippen LogP contribution in [0.1, 0.15) is 27.7 Å². The Morgan fingerprint density at radius 2 is 2.19 bits per heavy atom. The van der Waals surface area contributed by atoms with Gasteiger partial charge in [-0.2, -0.15) is 0 Å². The van der Waals surface area contributed by atoms with Gasteiger partial charge in [0.25, 0.3) is 0 Å². The first-order chi connectivity index (χ1) is 7.35. The summed E-state index contributed by atoms with van der Waals surface area (Å²) in [6.07, 6.45) is 0. The third kappa shape index (κ3) is 3.46. The van der Waals surface area contributed by atoms with Crippen molar-refractivity contribution in [2.24, 2.45) is 5.92 Å². The molecular weight excluding hydrogens is 202 g/mol. The van der Waals surface area contributed by atoms with E-state index in [2.05, 4.69) is 43.2 Å². The SMILES string of the molecule is CNCC1C(=O)NC(C)(C)CN1CC(C)C. The van der Waals surface area contributed by atoms with E-state index in [1.54, 1.807) is 0 Å². The molecule has 1 saturated heterocycles. The number of amides is 1. The van der Waals surface area contributed by atoms with Crippen LogP contribution in [0.5, 0.6) is 0 Å². The maximum Gasteiger partial charge on any atom is 0.239 e. The molecule has 1 rings (SSSR count). The Hall–Kier alpha value is -0.610. The van der Waals surface area contributed by atoms with Crippen LogP contribution in [0.3, 0.4) is 0 Å². The number of hydrogen-bond donors (Lipinski definition) is 2. The fraction of sp³-hybridized carbons (Fsp3) is 0.917. The van der Waals surface area contributed by atoms with Gasteiger partial charge < -0.3 is 10.6 Å². The lowest BCUT2D eigenvalue weighted by molar-refractivity contribution is -0.132. The zero-order valence-electron chi connectivity index (χ0n) is 11.1. The molecule has 4 heteroatoms. The van der Waals surface area contributed by atoms with Crippen molar-refractivity contribution in [1.82, 2.24) is 15.5 Å². The van der Waals surface area contributed by atoms with Crippen LogP contribution >= 0.6 is 0 Å². The van der Waals surface area contributed by atoms with E-state index in [-0.39, 0.29) is 17.5 Å². The van der Waals surface area contributed by atoms with Gasteiger partial charge >= 0.3 is 0 Å². The molecule has 0 aromatic heterocycles. The monoisotopic (exact) mass is 227 g/mol. The molecule has 0 aliphatic carbocycles. The zero-order chi connectivity index (χ0) is 12.3. The molecule has 1 fully saturated rings. The standard InChI is InChI=1S/C12H25N3O/c1-9(2)7-15-8-12(3,4)14-11(16)10(15)6-13-5/h9-10,13H,6-8H2,1-5H3,(H,14,16). The average Bonchev–Trinajstić information content (AvgIpc) is 2.08. The second-order valence-electron chi connectivity index (χ2n) is 5.77. The predicted molar refractivity (Wildman–Crippen MR) is 66.3 cm³/mol. The van der Waals surface area contributed by atoms with Gasteiger partial charge in [0.2, 0.25) is 5.91 Å². The fourth-order valence-corrected chi connectivity index (χ4v) is 2.32. The largest absolute Gasteiger partial charge is 0.349 e. The lowest BCUT2D eigenvalue weighted by atomic mass is 9.97. The van der Waals surface area contributed by atoms with Gasteiger partial charge in [-0.05, 0) is 26.8 Å². The van der Waals surface area contributed by atoms with Crippen molar-refractivity contribution in [3.63, 3.8) is 0 Å². The highest BCUT2D eigenvalue weighted by Crippen LogP contribution is 2.17. The Morgan fingerprint density at radius 1 is 1.56 bits per heavy atom. The van der Waals surface area contributed by atoms with Crippen LogP contribution in [0.25, 0.3) is 0 Å². The summed E-state index contributed by atoms with van der Waals surface area (Å²) in [4.78, 5) is 14.3. The molecule has 0 spiro atoms. The fourth-order valence-electron chi connectivity index (χ4n) is 2.32. The van der Waals surface area contributed by atoms with Crippen LogP contribution in [0.2, 0.25) is 0 Å². The molecule has 2 N–H and O–H groups in total. The molecule has 94 valence electrons. The zero-order valence-corrected chi connectivity index (χ0v) is 11.1. The second-order valence-corrected chi connectivity index (χ2v) is 5.77. The second kappa shape index (κ2) is 5.15. The number of piperazine rings is 1. The normalized spacial score (nSPS) is 25.9. The molecule has 0 radical (unpaired) electrons. The molecule has 1 aliphatic heterocycles. The van der Waals surface area contributed by atoms with E-state index in [4.69, 9.17) is 0 Å². The van der Waals surface area contributed by atoms with Crippen molar-refractivity contribution in [3.8, 4) is 0 Å². The van der Waals surface area contributed by atoms with Crippen LogP contribution in [0.15, 0.2) is 0 Å². The Labute approximate surface area is 98.8 Å². The van der Waals surface area contributed by atoms with E-state index in [0.29, 0.717) is 12.5 Å². The van der Waals surface area contributed by atoms with Crippen LogP contribution in [-0.4, -0.2) is 49.1 Å². The van der Waals surface area contributed by atoms with Crippen LogP contribution in [0, 0.1) is 5.92 Å². The quantitative estimate of drug-likeness (QED) is 0.732. The van der Waals surface area contributed by atoms with Gasteiger partial charge in [-0.3, -0.25) is 9.69 Å². The maximum atomic E-state index is 12.0. The van der Waals surface area contributed by atoms with Gasteiger partial charge in [-0.25, -0.2) is 0 Å². The first kappa shape index (κ1) is 13.5. The number of likely N-dealkylation sites (N-methyl/N-ethyl adjacent to an activating group) is 1. The van der Waals surface area contributed by atoms with Crippen molar-refractivity contribution in [1.29, 1.82) is 0 Å². The summed E-state index contributed by atoms with van der Waals surface area (Å²) in [5.74, 6) is 0.729. The minimum Gasteiger partial charge on any atom is -0.349 e. The van der Waals surface area contributed by atoms with Crippen molar-refractivity contribution < 1.29 is 4.79 Å². The van der Waals surface area contributed by atoms with Crippen LogP contribution in [0.4, 0.5) is 0 Å². The van der Waals surface area contributed by atoms with Crippen molar-refractivity contribution in [3.05, 3.63) is 0 Å². The Bertz CT molecular complexity index is 251. The van der Waals surface area contributed by atoms with Crippen LogP contribution in [-0.2, 0) is 4.79 Å². The first-order valence-corrected chi connectivity index (χ1v) is 6.06. The van der Waals surface area contributed by atoms with E-state index < -0.39 is 0 Å². The molecule has 1 aliphatic rings. The lowest BCUT2D eigenvalue weighted by Gasteiger charge is -2.44. The van der Waals surface area contributed by atoms with E-state index in [0.717, 1.165) is 13.1 Å². The van der Waals surface area contributed by atoms with E-state index >= 15 is 0 Å². The number of hydrogen-bond acceptors (Lipinski definition) is 3. The van der Waals surface area contributed by atoms with Gasteiger partial charge in [-0.15, -0.1) is 0 Å². The molecular formula is C12H25N3O. The first-order valence-electron chi connectivity index (χ1n) is 6.06. The highest BCUT2D eigenvalue weighted by atomic mass is 16.2. The predicted octanol–water partition coefficient (Wildman–Crippen LogP) is 0.441. The molecule has 0 aromatic rings. The number of rotatable bonds is 4. The summed E-state index contributed by atoms with van der Waals surface area (Å²) in [5.41, 5.74) is -0.115. The van der Waals surface area contributed by atoms with Crippen molar-refractivity contribution >= 4 is 5.91 Å². The molecule has 0 aromatic carbocycles. The molecule has 1 heterocycles. The minimum atomic E-state index is -0.115. The number of nitrogens with zero attached hydrogens (tertiary/aromatic N) is 1. The van der Waals surface area contributed by atoms with Crippen LogP contribution < -0.4 is 10.6 Å². The topological polar surface area (TPSA) is 44.4 Å². The van der Waals surface area contributed by atoms with Gasteiger partial charge in [0.05, 0.1) is 0 Å². The third-order valence-electron chi connectivity index (χ3n) is 2.80. The average molecular weight is 227 g/mol. The van der Waals surface area contributed by atoms with Crippen molar-refractivity contribution in [2.75, 3.05) is 26.7 Å². The number of carbonyl (C=O) groups is 1. The summed E-state index contributed by atoms with van der Waals surface area (Å²) >= 11 is 0. The summed E-state index contributed by atoms with van der Waals surface area (Å²) in [7, 11) is 1.89. The Morgan fingerprint density at radius 3 is 2.69 bits per heavy atom. The maximum absolute atomic E-state index is 12.0. The highest BCUT2D eigenvalue weighted by molar-refractivity contribution is 5.83. The summed E-state index contributed by atoms with van der Waals surface area (Å²) in [6, 6.07) is -0.0274. The Balaban J connectivity index is 2.75. The van der Waals surface area contributed by atoms with Gasteiger partial charge in [0, 0.05) is 25.2 Å². The number of nitrogens with one attached hydrogen (secondary N) is 2. The van der Waals surface area contributed by atoms with Gasteiger partial charge in [-0.1, -0.05) is 13.8 Å². The summed E-state index contributed by atoms with van der Waals surface area (Å²) < 4.78 is 0. The van der Waals surface area contributed by atoms with E-state index in [9.17, 15) is 4.79 Å². The molecule has 1 amide bonds. The highest BCUT2D eigenvalue weighted by Gasteiger charge is 2.37. The smallest absolute Gasteiger partial charge is 0.239 e. The number of carbonyl (C=O) groups excluding carboxylic acids is 1. The van der Waals surface area contributed by atoms with Gasteiger partial charge in [0.15, 0.2) is 0 Å². The molecule has 0 saturated carbocycles. The summed E-state index contributed by atoms with van der Waals surface area (Å²) in [5, 5.41) is 6.17. The summed E-state index contributed by atoms with van der Waals surface area (Å²) in [6.45, 7) is 11.1.